The molecule has 0 aliphatic carbocycles. The highest BCUT2D eigenvalue weighted by Gasteiger charge is 2.21. The van der Waals surface area contributed by atoms with Gasteiger partial charge in [0, 0.05) is 24.7 Å². The maximum absolute atomic E-state index is 12.1. The minimum Gasteiger partial charge on any atom is -0.352 e. The van der Waals surface area contributed by atoms with E-state index in [4.69, 9.17) is 0 Å². The molecule has 20 heavy (non-hydrogen) atoms. The van der Waals surface area contributed by atoms with E-state index in [0.29, 0.717) is 24.5 Å². The number of rotatable bonds is 7. The highest BCUT2D eigenvalue weighted by molar-refractivity contribution is 5.78. The fourth-order valence-corrected chi connectivity index (χ4v) is 2.47. The monoisotopic (exact) mass is 283 g/mol. The molecule has 4 heteroatoms. The van der Waals surface area contributed by atoms with Gasteiger partial charge in [-0.15, -0.1) is 0 Å². The van der Waals surface area contributed by atoms with Crippen LogP contribution in [0.3, 0.4) is 0 Å². The quantitative estimate of drug-likeness (QED) is 0.751. The number of piperidine rings is 1. The van der Waals surface area contributed by atoms with Crippen molar-refractivity contribution in [2.24, 2.45) is 5.92 Å². The van der Waals surface area contributed by atoms with Crippen LogP contribution in [0.4, 0.5) is 0 Å². The Morgan fingerprint density at radius 1 is 1.25 bits per heavy atom. The Labute approximate surface area is 124 Å². The van der Waals surface area contributed by atoms with Crippen LogP contribution in [0.1, 0.15) is 53.9 Å². The van der Waals surface area contributed by atoms with Crippen LogP contribution in [0.2, 0.25) is 0 Å². The van der Waals surface area contributed by atoms with E-state index in [0.717, 1.165) is 13.1 Å². The summed E-state index contributed by atoms with van der Waals surface area (Å²) in [6.45, 7) is 13.3. The van der Waals surface area contributed by atoms with Gasteiger partial charge in [-0.2, -0.15) is 0 Å². The molecule has 1 fully saturated rings. The van der Waals surface area contributed by atoms with E-state index in [2.05, 4.69) is 50.2 Å². The van der Waals surface area contributed by atoms with Gasteiger partial charge in [0.2, 0.25) is 5.91 Å². The average Bonchev–Trinajstić information content (AvgIpc) is 2.38. The van der Waals surface area contributed by atoms with Crippen molar-refractivity contribution in [3.05, 3.63) is 0 Å². The summed E-state index contributed by atoms with van der Waals surface area (Å²) in [7, 11) is 0. The van der Waals surface area contributed by atoms with Crippen LogP contribution in [-0.2, 0) is 4.79 Å². The van der Waals surface area contributed by atoms with Crippen LogP contribution in [-0.4, -0.2) is 48.6 Å². The Kier molecular flexibility index (Phi) is 7.52. The summed E-state index contributed by atoms with van der Waals surface area (Å²) in [5.41, 5.74) is 0. The van der Waals surface area contributed by atoms with Gasteiger partial charge >= 0.3 is 0 Å². The van der Waals surface area contributed by atoms with Crippen molar-refractivity contribution in [3.8, 4) is 0 Å². The van der Waals surface area contributed by atoms with Gasteiger partial charge in [-0.1, -0.05) is 20.3 Å². The third-order valence-corrected chi connectivity index (χ3v) is 4.33. The Morgan fingerprint density at radius 3 is 2.45 bits per heavy atom. The van der Waals surface area contributed by atoms with Crippen LogP contribution in [0.15, 0.2) is 0 Å². The summed E-state index contributed by atoms with van der Waals surface area (Å²) >= 11 is 0. The second-order valence-corrected chi connectivity index (χ2v) is 6.77. The van der Waals surface area contributed by atoms with Crippen molar-refractivity contribution in [2.45, 2.75) is 72.0 Å². The molecule has 1 amide bonds. The van der Waals surface area contributed by atoms with Gasteiger partial charge < -0.3 is 10.6 Å². The molecule has 1 heterocycles. The fraction of sp³-hybridized carbons (Fsp3) is 0.938. The predicted molar refractivity (Wildman–Crippen MR) is 84.8 cm³/mol. The molecule has 118 valence electrons. The van der Waals surface area contributed by atoms with Crippen molar-refractivity contribution in [2.75, 3.05) is 19.6 Å². The molecule has 0 saturated carbocycles. The molecule has 1 aliphatic heterocycles. The minimum absolute atomic E-state index is 0.149. The van der Waals surface area contributed by atoms with E-state index < -0.39 is 0 Å². The molecule has 1 aliphatic rings. The molecular formula is C16H33N3O. The van der Waals surface area contributed by atoms with Crippen LogP contribution in [0, 0.1) is 5.92 Å². The molecule has 1 rings (SSSR count). The summed E-state index contributed by atoms with van der Waals surface area (Å²) < 4.78 is 0. The second kappa shape index (κ2) is 8.63. The molecule has 4 nitrogen and oxygen atoms in total. The van der Waals surface area contributed by atoms with Gasteiger partial charge in [-0.05, 0) is 46.1 Å². The standard InChI is InChI=1S/C16H33N3O/c1-12(2)14(5)18-16(20)11-19(13(3)4)10-15-8-6-7-9-17-15/h12-15,17H,6-11H2,1-5H3,(H,18,20). The summed E-state index contributed by atoms with van der Waals surface area (Å²) in [6.07, 6.45) is 3.82. The summed E-state index contributed by atoms with van der Waals surface area (Å²) in [4.78, 5) is 14.4. The van der Waals surface area contributed by atoms with E-state index in [1.54, 1.807) is 0 Å². The van der Waals surface area contributed by atoms with Crippen molar-refractivity contribution >= 4 is 5.91 Å². The zero-order valence-electron chi connectivity index (χ0n) is 13.9. The highest BCUT2D eigenvalue weighted by atomic mass is 16.2. The van der Waals surface area contributed by atoms with Crippen LogP contribution < -0.4 is 10.6 Å². The first-order valence-electron chi connectivity index (χ1n) is 8.17. The zero-order valence-corrected chi connectivity index (χ0v) is 13.9. The third kappa shape index (κ3) is 6.23. The second-order valence-electron chi connectivity index (χ2n) is 6.77. The molecule has 0 bridgehead atoms. The molecule has 2 atom stereocenters. The number of amides is 1. The van der Waals surface area contributed by atoms with E-state index in [9.17, 15) is 4.79 Å². The van der Waals surface area contributed by atoms with E-state index >= 15 is 0 Å². The number of hydrogen-bond acceptors (Lipinski definition) is 3. The van der Waals surface area contributed by atoms with E-state index in [-0.39, 0.29) is 11.9 Å². The highest BCUT2D eigenvalue weighted by Crippen LogP contribution is 2.10. The minimum atomic E-state index is 0.149. The smallest absolute Gasteiger partial charge is 0.234 e. The van der Waals surface area contributed by atoms with E-state index in [1.807, 2.05) is 0 Å². The average molecular weight is 283 g/mol. The molecular weight excluding hydrogens is 250 g/mol. The lowest BCUT2D eigenvalue weighted by Gasteiger charge is -2.33. The van der Waals surface area contributed by atoms with Gasteiger partial charge in [0.05, 0.1) is 6.54 Å². The molecule has 2 unspecified atom stereocenters. The Bertz CT molecular complexity index is 285. The van der Waals surface area contributed by atoms with Crippen molar-refractivity contribution in [1.82, 2.24) is 15.5 Å². The number of nitrogens with zero attached hydrogens (tertiary/aromatic N) is 1. The Balaban J connectivity index is 2.43. The molecule has 0 aromatic rings. The van der Waals surface area contributed by atoms with Gasteiger partial charge in [0.1, 0.15) is 0 Å². The molecule has 0 aromatic heterocycles. The lowest BCUT2D eigenvalue weighted by molar-refractivity contribution is -0.123. The Hall–Kier alpha value is -0.610. The summed E-state index contributed by atoms with van der Waals surface area (Å²) in [6, 6.07) is 1.18. The lowest BCUT2D eigenvalue weighted by atomic mass is 10.0. The van der Waals surface area contributed by atoms with E-state index in [1.165, 1.54) is 19.3 Å². The number of nitrogens with one attached hydrogen (secondary N) is 2. The molecule has 0 spiro atoms. The first kappa shape index (κ1) is 17.4. The van der Waals surface area contributed by atoms with Crippen LogP contribution in [0.5, 0.6) is 0 Å². The molecule has 0 radical (unpaired) electrons. The third-order valence-electron chi connectivity index (χ3n) is 4.33. The number of hydrogen-bond donors (Lipinski definition) is 2. The van der Waals surface area contributed by atoms with Crippen LogP contribution in [0.25, 0.3) is 0 Å². The molecule has 0 aromatic carbocycles. The maximum atomic E-state index is 12.1. The number of carbonyl (C=O) groups excluding carboxylic acids is 1. The zero-order chi connectivity index (χ0) is 15.1. The van der Waals surface area contributed by atoms with Gasteiger partial charge in [-0.25, -0.2) is 0 Å². The molecule has 1 saturated heterocycles. The summed E-state index contributed by atoms with van der Waals surface area (Å²) in [5, 5.41) is 6.66. The lowest BCUT2D eigenvalue weighted by Crippen LogP contribution is -2.50. The van der Waals surface area contributed by atoms with Crippen molar-refractivity contribution in [3.63, 3.8) is 0 Å². The van der Waals surface area contributed by atoms with Gasteiger partial charge in [-0.3, -0.25) is 9.69 Å². The maximum Gasteiger partial charge on any atom is 0.234 e. The van der Waals surface area contributed by atoms with Gasteiger partial charge in [0.25, 0.3) is 0 Å². The first-order chi connectivity index (χ1) is 9.40. The fourth-order valence-electron chi connectivity index (χ4n) is 2.47. The molecule has 2 N–H and O–H groups in total. The SMILES string of the molecule is CC(C)C(C)NC(=O)CN(CC1CCCCN1)C(C)C. The van der Waals surface area contributed by atoms with Crippen molar-refractivity contribution in [1.29, 1.82) is 0 Å². The van der Waals surface area contributed by atoms with Crippen molar-refractivity contribution < 1.29 is 4.79 Å². The Morgan fingerprint density at radius 2 is 1.95 bits per heavy atom. The number of carbonyl (C=O) groups is 1. The summed E-state index contributed by atoms with van der Waals surface area (Å²) in [5.74, 6) is 0.627. The first-order valence-corrected chi connectivity index (χ1v) is 8.17. The van der Waals surface area contributed by atoms with Crippen LogP contribution >= 0.6 is 0 Å². The largest absolute Gasteiger partial charge is 0.352 e. The predicted octanol–water partition coefficient (Wildman–Crippen LogP) is 2.00. The topological polar surface area (TPSA) is 44.4 Å². The van der Waals surface area contributed by atoms with Gasteiger partial charge in [0.15, 0.2) is 0 Å². The normalized spacial score (nSPS) is 21.5.